The van der Waals surface area contributed by atoms with E-state index in [1.54, 1.807) is 24.4 Å². The molecule has 3 heterocycles. The van der Waals surface area contributed by atoms with Gasteiger partial charge in [-0.15, -0.1) is 0 Å². The van der Waals surface area contributed by atoms with Crippen LogP contribution in [-0.4, -0.2) is 45.5 Å². The fraction of sp³-hybridized carbons (Fsp3) is 0.167. The topological polar surface area (TPSA) is 126 Å². The van der Waals surface area contributed by atoms with Gasteiger partial charge in [0.25, 0.3) is 17.7 Å². The lowest BCUT2D eigenvalue weighted by atomic mass is 10.0. The lowest BCUT2D eigenvalue weighted by Gasteiger charge is -2.27. The molecule has 3 aromatic rings. The van der Waals surface area contributed by atoms with E-state index in [9.17, 15) is 24.0 Å². The minimum absolute atomic E-state index is 0.00127. The Bertz CT molecular complexity index is 1370. The number of aromatic nitrogens is 1. The molecule has 9 nitrogen and oxygen atoms in total. The molecule has 2 N–H and O–H groups in total. The van der Waals surface area contributed by atoms with Crippen molar-refractivity contribution in [2.45, 2.75) is 25.4 Å². The standard InChI is InChI=1S/C24H18N4O5/c29-19-9-8-18(22(31)27-19)28-23(32)16-7-3-6-15(20(16)24(28)33)12-26-21(30)17-10-13-4-1-2-5-14(13)11-25-17/h1-7,10-11,18H,8-9,12H2,(H,26,30)(H,27,29,31)/t18-/m0/s1. The van der Waals surface area contributed by atoms with E-state index in [2.05, 4.69) is 15.6 Å². The van der Waals surface area contributed by atoms with Crippen LogP contribution >= 0.6 is 0 Å². The lowest BCUT2D eigenvalue weighted by Crippen LogP contribution is -2.54. The summed E-state index contributed by atoms with van der Waals surface area (Å²) in [6.45, 7) is -0.00127. The van der Waals surface area contributed by atoms with Crippen molar-refractivity contribution in [1.29, 1.82) is 0 Å². The summed E-state index contributed by atoms with van der Waals surface area (Å²) in [5.74, 6) is -2.72. The van der Waals surface area contributed by atoms with Gasteiger partial charge in [0.05, 0.1) is 11.1 Å². The molecule has 1 fully saturated rings. The molecule has 0 radical (unpaired) electrons. The second kappa shape index (κ2) is 7.94. The van der Waals surface area contributed by atoms with Gasteiger partial charge in [-0.2, -0.15) is 0 Å². The molecule has 0 unspecified atom stereocenters. The molecule has 164 valence electrons. The summed E-state index contributed by atoms with van der Waals surface area (Å²) in [6.07, 6.45) is 1.74. The van der Waals surface area contributed by atoms with Gasteiger partial charge in [0.15, 0.2) is 0 Å². The highest BCUT2D eigenvalue weighted by atomic mass is 16.2. The van der Waals surface area contributed by atoms with Crippen molar-refractivity contribution in [1.82, 2.24) is 20.5 Å². The molecule has 1 atom stereocenters. The maximum absolute atomic E-state index is 13.1. The number of hydrogen-bond acceptors (Lipinski definition) is 6. The largest absolute Gasteiger partial charge is 0.347 e. The van der Waals surface area contributed by atoms with Gasteiger partial charge in [-0.1, -0.05) is 36.4 Å². The first-order valence-corrected chi connectivity index (χ1v) is 10.4. The zero-order valence-corrected chi connectivity index (χ0v) is 17.3. The first-order chi connectivity index (χ1) is 15.9. The van der Waals surface area contributed by atoms with E-state index in [1.165, 1.54) is 6.07 Å². The van der Waals surface area contributed by atoms with E-state index < -0.39 is 35.6 Å². The Morgan fingerprint density at radius 3 is 2.61 bits per heavy atom. The number of amides is 5. The van der Waals surface area contributed by atoms with Crippen LogP contribution in [0.3, 0.4) is 0 Å². The van der Waals surface area contributed by atoms with Crippen molar-refractivity contribution < 1.29 is 24.0 Å². The van der Waals surface area contributed by atoms with Crippen LogP contribution < -0.4 is 10.6 Å². The number of rotatable bonds is 4. The Morgan fingerprint density at radius 2 is 1.82 bits per heavy atom. The van der Waals surface area contributed by atoms with Gasteiger partial charge < -0.3 is 5.32 Å². The summed E-state index contributed by atoms with van der Waals surface area (Å²) in [7, 11) is 0. The highest BCUT2D eigenvalue weighted by molar-refractivity contribution is 6.24. The average molecular weight is 442 g/mol. The monoisotopic (exact) mass is 442 g/mol. The highest BCUT2D eigenvalue weighted by Crippen LogP contribution is 2.30. The fourth-order valence-electron chi connectivity index (χ4n) is 4.21. The molecule has 0 aliphatic carbocycles. The van der Waals surface area contributed by atoms with Crippen LogP contribution in [-0.2, 0) is 16.1 Å². The third-order valence-corrected chi connectivity index (χ3v) is 5.86. The Balaban J connectivity index is 1.37. The van der Waals surface area contributed by atoms with Crippen molar-refractivity contribution in [2.75, 3.05) is 0 Å². The Kier molecular flexibility index (Phi) is 4.93. The van der Waals surface area contributed by atoms with Crippen LogP contribution in [0.25, 0.3) is 10.8 Å². The van der Waals surface area contributed by atoms with Gasteiger partial charge in [-0.3, -0.25) is 39.2 Å². The van der Waals surface area contributed by atoms with Crippen LogP contribution in [0.15, 0.2) is 54.7 Å². The van der Waals surface area contributed by atoms with Gasteiger partial charge in [0.1, 0.15) is 11.7 Å². The van der Waals surface area contributed by atoms with Crippen LogP contribution in [0.2, 0.25) is 0 Å². The number of carbonyl (C=O) groups is 5. The molecule has 33 heavy (non-hydrogen) atoms. The molecule has 9 heteroatoms. The Morgan fingerprint density at radius 1 is 1.03 bits per heavy atom. The summed E-state index contributed by atoms with van der Waals surface area (Å²) in [5.41, 5.74) is 1.00. The molecular weight excluding hydrogens is 424 g/mol. The van der Waals surface area contributed by atoms with E-state index in [4.69, 9.17) is 0 Å². The predicted molar refractivity (Wildman–Crippen MR) is 116 cm³/mol. The first kappa shape index (κ1) is 20.5. The fourth-order valence-corrected chi connectivity index (χ4v) is 4.21. The van der Waals surface area contributed by atoms with Gasteiger partial charge >= 0.3 is 0 Å². The van der Waals surface area contributed by atoms with Crippen LogP contribution in [0.5, 0.6) is 0 Å². The molecule has 5 rings (SSSR count). The summed E-state index contributed by atoms with van der Waals surface area (Å²) < 4.78 is 0. The van der Waals surface area contributed by atoms with Crippen LogP contribution in [0.4, 0.5) is 0 Å². The summed E-state index contributed by atoms with van der Waals surface area (Å²) in [4.78, 5) is 67.5. The number of benzene rings is 2. The number of fused-ring (bicyclic) bond motifs is 2. The van der Waals surface area contributed by atoms with E-state index in [0.29, 0.717) is 5.56 Å². The number of nitrogens with zero attached hydrogens (tertiary/aromatic N) is 2. The Hall–Kier alpha value is -4.40. The van der Waals surface area contributed by atoms with E-state index >= 15 is 0 Å². The third kappa shape index (κ3) is 3.53. The van der Waals surface area contributed by atoms with E-state index in [-0.39, 0.29) is 36.2 Å². The second-order valence-electron chi connectivity index (χ2n) is 7.89. The van der Waals surface area contributed by atoms with Crippen LogP contribution in [0, 0.1) is 0 Å². The summed E-state index contributed by atoms with van der Waals surface area (Å²) in [6, 6.07) is 12.9. The number of nitrogens with one attached hydrogen (secondary N) is 2. The van der Waals surface area contributed by atoms with Gasteiger partial charge in [-0.25, -0.2) is 0 Å². The van der Waals surface area contributed by atoms with E-state index in [1.807, 2.05) is 24.3 Å². The molecule has 0 saturated carbocycles. The normalized spacial score (nSPS) is 17.8. The number of carbonyl (C=O) groups excluding carboxylic acids is 5. The van der Waals surface area contributed by atoms with Gasteiger partial charge in [-0.05, 0) is 29.5 Å². The molecule has 0 bridgehead atoms. The lowest BCUT2D eigenvalue weighted by molar-refractivity contribution is -0.136. The minimum atomic E-state index is -1.04. The maximum Gasteiger partial charge on any atom is 0.270 e. The number of pyridine rings is 1. The van der Waals surface area contributed by atoms with Crippen molar-refractivity contribution in [3.05, 3.63) is 77.1 Å². The molecule has 2 aliphatic rings. The summed E-state index contributed by atoms with van der Waals surface area (Å²) in [5, 5.41) is 6.70. The second-order valence-corrected chi connectivity index (χ2v) is 7.89. The maximum atomic E-state index is 13.1. The molecular formula is C24H18N4O5. The molecule has 0 spiro atoms. The third-order valence-electron chi connectivity index (χ3n) is 5.86. The first-order valence-electron chi connectivity index (χ1n) is 10.4. The zero-order valence-electron chi connectivity index (χ0n) is 17.3. The smallest absolute Gasteiger partial charge is 0.270 e. The molecule has 5 amide bonds. The number of hydrogen-bond donors (Lipinski definition) is 2. The Labute approximate surface area is 187 Å². The van der Waals surface area contributed by atoms with Crippen LogP contribution in [0.1, 0.15) is 49.6 Å². The molecule has 1 aromatic heterocycles. The molecule has 2 aromatic carbocycles. The van der Waals surface area contributed by atoms with Gasteiger partial charge in [0.2, 0.25) is 11.8 Å². The highest BCUT2D eigenvalue weighted by Gasteiger charge is 2.45. The molecule has 1 saturated heterocycles. The van der Waals surface area contributed by atoms with E-state index in [0.717, 1.165) is 15.7 Å². The van der Waals surface area contributed by atoms with Gasteiger partial charge in [0, 0.05) is 24.5 Å². The van der Waals surface area contributed by atoms with Crippen molar-refractivity contribution in [2.24, 2.45) is 0 Å². The zero-order chi connectivity index (χ0) is 23.1. The van der Waals surface area contributed by atoms with Crippen molar-refractivity contribution in [3.63, 3.8) is 0 Å². The summed E-state index contributed by atoms with van der Waals surface area (Å²) >= 11 is 0. The molecule has 2 aliphatic heterocycles. The average Bonchev–Trinajstić information content (AvgIpc) is 3.08. The minimum Gasteiger partial charge on any atom is -0.347 e. The predicted octanol–water partition coefficient (Wildman–Crippen LogP) is 1.57. The number of imide groups is 2. The number of piperidine rings is 1. The SMILES string of the molecule is O=C1CC[C@H](N2C(=O)c3cccc(CNC(=O)c4cc5ccccc5cn4)c3C2=O)C(=O)N1. The van der Waals surface area contributed by atoms with Crippen molar-refractivity contribution >= 4 is 40.3 Å². The quantitative estimate of drug-likeness (QED) is 0.591. The van der Waals surface area contributed by atoms with Crippen molar-refractivity contribution in [3.8, 4) is 0 Å².